The highest BCUT2D eigenvalue weighted by Crippen LogP contribution is 2.37. The van der Waals surface area contributed by atoms with E-state index in [2.05, 4.69) is 11.1 Å². The van der Waals surface area contributed by atoms with Crippen molar-refractivity contribution >= 4 is 22.7 Å². The number of benzene rings is 1. The van der Waals surface area contributed by atoms with Crippen LogP contribution in [0.1, 0.15) is 65.2 Å². The lowest BCUT2D eigenvalue weighted by Gasteiger charge is -2.34. The number of methoxy groups -OCH3 is 1. The molecule has 0 N–H and O–H groups in total. The van der Waals surface area contributed by atoms with Crippen LogP contribution in [-0.2, 0) is 18.3 Å². The van der Waals surface area contributed by atoms with Gasteiger partial charge in [0.25, 0.3) is 5.92 Å². The van der Waals surface area contributed by atoms with Gasteiger partial charge in [0.2, 0.25) is 5.91 Å². The fourth-order valence-electron chi connectivity index (χ4n) is 5.21. The number of aryl methyl sites for hydroxylation is 2. The van der Waals surface area contributed by atoms with Crippen molar-refractivity contribution < 1.29 is 23.1 Å². The number of halogens is 2. The molecule has 38 heavy (non-hydrogen) atoms. The first kappa shape index (κ1) is 27.2. The number of amides is 1. The van der Waals surface area contributed by atoms with Crippen LogP contribution >= 0.6 is 0 Å². The van der Waals surface area contributed by atoms with Gasteiger partial charge in [0.05, 0.1) is 18.6 Å². The summed E-state index contributed by atoms with van der Waals surface area (Å²) in [4.78, 5) is 31.9. The van der Waals surface area contributed by atoms with E-state index in [0.29, 0.717) is 42.8 Å². The van der Waals surface area contributed by atoms with Crippen LogP contribution in [0.2, 0.25) is 0 Å². The number of ketones is 1. The second kappa shape index (κ2) is 10.5. The van der Waals surface area contributed by atoms with Gasteiger partial charge in [-0.2, -0.15) is 5.26 Å². The number of nitrogens with zero attached hydrogens (tertiary/aromatic N) is 4. The number of hydrogen-bond acceptors (Lipinski definition) is 5. The highest BCUT2D eigenvalue weighted by atomic mass is 19.3. The van der Waals surface area contributed by atoms with Crippen molar-refractivity contribution in [2.24, 2.45) is 13.0 Å². The SMILES string of the molecule is COc1ccc(C(=O)Cc2cnc3c(c(C4CCN(C(=O)[C@@H](C)C(C)(F)F)CC4)cn3C)c2C)cc1C#N. The van der Waals surface area contributed by atoms with Crippen molar-refractivity contribution in [3.05, 3.63) is 58.4 Å². The van der Waals surface area contributed by atoms with Crippen molar-refractivity contribution in [2.75, 3.05) is 20.2 Å². The predicted molar refractivity (Wildman–Crippen MR) is 140 cm³/mol. The number of pyridine rings is 1. The Balaban J connectivity index is 1.57. The Bertz CT molecular complexity index is 1430. The second-order valence-electron chi connectivity index (χ2n) is 10.2. The molecule has 1 aliphatic heterocycles. The quantitative estimate of drug-likeness (QED) is 0.399. The number of carbonyl (C=O) groups excluding carboxylic acids is 2. The van der Waals surface area contributed by atoms with Crippen molar-refractivity contribution in [3.8, 4) is 11.8 Å². The zero-order valence-electron chi connectivity index (χ0n) is 22.3. The van der Waals surface area contributed by atoms with Gasteiger partial charge in [-0.15, -0.1) is 0 Å². The van der Waals surface area contributed by atoms with E-state index in [1.165, 1.54) is 14.0 Å². The van der Waals surface area contributed by atoms with E-state index in [9.17, 15) is 23.6 Å². The molecule has 9 heteroatoms. The summed E-state index contributed by atoms with van der Waals surface area (Å²) >= 11 is 0. The average Bonchev–Trinajstić information content (AvgIpc) is 3.25. The topological polar surface area (TPSA) is 88.2 Å². The molecule has 3 aromatic rings. The number of carbonyl (C=O) groups is 2. The van der Waals surface area contributed by atoms with Crippen molar-refractivity contribution in [1.29, 1.82) is 5.26 Å². The van der Waals surface area contributed by atoms with Gasteiger partial charge < -0.3 is 14.2 Å². The summed E-state index contributed by atoms with van der Waals surface area (Å²) in [5, 5.41) is 10.4. The maximum absolute atomic E-state index is 13.7. The highest BCUT2D eigenvalue weighted by Gasteiger charge is 2.39. The minimum absolute atomic E-state index is 0.125. The van der Waals surface area contributed by atoms with Gasteiger partial charge in [-0.3, -0.25) is 9.59 Å². The number of Topliss-reactive ketones (excluding diaryl/α,β-unsaturated/α-hetero) is 1. The third kappa shape index (κ3) is 5.13. The number of nitriles is 1. The van der Waals surface area contributed by atoms with E-state index in [4.69, 9.17) is 4.74 Å². The summed E-state index contributed by atoms with van der Waals surface area (Å²) in [7, 11) is 3.40. The van der Waals surface area contributed by atoms with Gasteiger partial charge in [-0.1, -0.05) is 0 Å². The van der Waals surface area contributed by atoms with Gasteiger partial charge in [0, 0.05) is 56.8 Å². The van der Waals surface area contributed by atoms with Crippen LogP contribution in [0.5, 0.6) is 5.75 Å². The summed E-state index contributed by atoms with van der Waals surface area (Å²) in [6, 6.07) is 6.87. The molecule has 1 atom stereocenters. The van der Waals surface area contributed by atoms with Crippen molar-refractivity contribution in [1.82, 2.24) is 14.5 Å². The third-order valence-corrected chi connectivity index (χ3v) is 7.75. The molecule has 4 rings (SSSR count). The Hall–Kier alpha value is -3.80. The molecule has 1 saturated heterocycles. The van der Waals surface area contributed by atoms with E-state index in [1.807, 2.05) is 24.7 Å². The molecule has 1 aromatic carbocycles. The highest BCUT2D eigenvalue weighted by molar-refractivity contribution is 5.99. The smallest absolute Gasteiger partial charge is 0.256 e. The Labute approximate surface area is 221 Å². The monoisotopic (exact) mass is 522 g/mol. The average molecular weight is 523 g/mol. The molecule has 0 spiro atoms. The Kier molecular flexibility index (Phi) is 7.54. The second-order valence-corrected chi connectivity index (χ2v) is 10.2. The number of alkyl halides is 2. The molecule has 0 saturated carbocycles. The normalized spacial score (nSPS) is 15.4. The Morgan fingerprint density at radius 2 is 1.97 bits per heavy atom. The van der Waals surface area contributed by atoms with Gasteiger partial charge >= 0.3 is 0 Å². The largest absolute Gasteiger partial charge is 0.495 e. The molecule has 0 aliphatic carbocycles. The van der Waals surface area contributed by atoms with Crippen LogP contribution in [0, 0.1) is 24.2 Å². The predicted octanol–water partition coefficient (Wildman–Crippen LogP) is 5.18. The number of piperidine rings is 1. The van der Waals surface area contributed by atoms with E-state index in [1.54, 1.807) is 29.3 Å². The minimum Gasteiger partial charge on any atom is -0.495 e. The van der Waals surface area contributed by atoms with Crippen LogP contribution in [-0.4, -0.2) is 52.3 Å². The number of aromatic nitrogens is 2. The molecule has 7 nitrogen and oxygen atoms in total. The van der Waals surface area contributed by atoms with Gasteiger partial charge in [-0.05, 0) is 67.5 Å². The third-order valence-electron chi connectivity index (χ3n) is 7.75. The summed E-state index contributed by atoms with van der Waals surface area (Å²) in [6.07, 6.45) is 5.23. The maximum Gasteiger partial charge on any atom is 0.256 e. The molecular formula is C29H32F2N4O3. The number of fused-ring (bicyclic) bond motifs is 1. The van der Waals surface area contributed by atoms with Gasteiger partial charge in [-0.25, -0.2) is 13.8 Å². The lowest BCUT2D eigenvalue weighted by molar-refractivity contribution is -0.147. The van der Waals surface area contributed by atoms with E-state index >= 15 is 0 Å². The maximum atomic E-state index is 13.7. The number of likely N-dealkylation sites (tertiary alicyclic amines) is 1. The number of hydrogen-bond donors (Lipinski definition) is 0. The molecular weight excluding hydrogens is 490 g/mol. The molecule has 0 radical (unpaired) electrons. The standard InChI is InChI=1S/C29H32F2N4O3/c1-17-22(13-24(36)20-6-7-25(38-5)21(12-20)14-32)15-33-27-26(17)23(16-34(27)4)19-8-10-35(11-9-19)28(37)18(2)29(3,30)31/h6-7,12,15-16,18-19H,8-11,13H2,1-5H3/t18-/m1/s1. The number of rotatable bonds is 7. The molecule has 1 aliphatic rings. The summed E-state index contributed by atoms with van der Waals surface area (Å²) in [5.41, 5.74) is 4.40. The molecule has 2 aromatic heterocycles. The van der Waals surface area contributed by atoms with Gasteiger partial charge in [0.1, 0.15) is 17.5 Å². The molecule has 1 fully saturated rings. The fraction of sp³-hybridized carbons (Fsp3) is 0.448. The minimum atomic E-state index is -3.05. The van der Waals surface area contributed by atoms with Crippen molar-refractivity contribution in [3.63, 3.8) is 0 Å². The summed E-state index contributed by atoms with van der Waals surface area (Å²) < 4.78 is 34.5. The van der Waals surface area contributed by atoms with E-state index in [0.717, 1.165) is 34.6 Å². The zero-order valence-corrected chi connectivity index (χ0v) is 22.3. The van der Waals surface area contributed by atoms with Crippen LogP contribution in [0.4, 0.5) is 8.78 Å². The molecule has 0 bridgehead atoms. The number of ether oxygens (including phenoxy) is 1. The molecule has 1 amide bonds. The summed E-state index contributed by atoms with van der Waals surface area (Å²) in [5.74, 6) is -4.47. The van der Waals surface area contributed by atoms with Crippen LogP contribution in [0.3, 0.4) is 0 Å². The van der Waals surface area contributed by atoms with Crippen LogP contribution in [0.15, 0.2) is 30.6 Å². The van der Waals surface area contributed by atoms with Crippen LogP contribution < -0.4 is 4.74 Å². The van der Waals surface area contributed by atoms with Crippen LogP contribution in [0.25, 0.3) is 11.0 Å². The first-order chi connectivity index (χ1) is 18.0. The van der Waals surface area contributed by atoms with Crippen molar-refractivity contribution in [2.45, 2.75) is 51.9 Å². The first-order valence-electron chi connectivity index (χ1n) is 12.7. The first-order valence-corrected chi connectivity index (χ1v) is 12.7. The molecule has 0 unspecified atom stereocenters. The Morgan fingerprint density at radius 1 is 1.29 bits per heavy atom. The summed E-state index contributed by atoms with van der Waals surface area (Å²) in [6.45, 7) is 4.89. The fourth-order valence-corrected chi connectivity index (χ4v) is 5.21. The molecule has 200 valence electrons. The van der Waals surface area contributed by atoms with E-state index in [-0.39, 0.29) is 18.1 Å². The van der Waals surface area contributed by atoms with E-state index < -0.39 is 17.7 Å². The lowest BCUT2D eigenvalue weighted by atomic mass is 9.87. The molecule has 3 heterocycles. The lowest BCUT2D eigenvalue weighted by Crippen LogP contribution is -2.45. The Morgan fingerprint density at radius 3 is 2.58 bits per heavy atom. The zero-order chi connectivity index (χ0) is 27.8. The van der Waals surface area contributed by atoms with Gasteiger partial charge in [0.15, 0.2) is 5.78 Å².